The minimum absolute atomic E-state index is 0.0234. The van der Waals surface area contributed by atoms with Crippen molar-refractivity contribution in [2.75, 3.05) is 46.0 Å². The number of morpholine rings is 1. The van der Waals surface area contributed by atoms with E-state index in [0.717, 1.165) is 4.47 Å². The Bertz CT molecular complexity index is 1080. The van der Waals surface area contributed by atoms with Crippen LogP contribution in [-0.4, -0.2) is 69.5 Å². The first-order chi connectivity index (χ1) is 16.3. The summed E-state index contributed by atoms with van der Waals surface area (Å²) in [6.07, 6.45) is 1.24. The highest BCUT2D eigenvalue weighted by atomic mass is 79.9. The second-order valence-electron chi connectivity index (χ2n) is 8.77. The molecule has 2 saturated heterocycles. The fourth-order valence-corrected chi connectivity index (χ4v) is 6.05. The van der Waals surface area contributed by atoms with E-state index in [0.29, 0.717) is 58.0 Å². The molecule has 0 spiro atoms. The third-order valence-electron chi connectivity index (χ3n) is 6.48. The van der Waals surface area contributed by atoms with Crippen LogP contribution in [0.1, 0.15) is 19.3 Å². The third-order valence-corrected chi connectivity index (χ3v) is 8.92. The molecular formula is C24H28BrFN2O5S. The summed E-state index contributed by atoms with van der Waals surface area (Å²) in [5.74, 6) is 0.191. The molecule has 2 fully saturated rings. The molecule has 34 heavy (non-hydrogen) atoms. The van der Waals surface area contributed by atoms with E-state index in [9.17, 15) is 17.6 Å². The van der Waals surface area contributed by atoms with E-state index in [1.807, 2.05) is 0 Å². The molecule has 0 radical (unpaired) electrons. The summed E-state index contributed by atoms with van der Waals surface area (Å²) in [6.45, 7) is 2.98. The number of rotatable bonds is 7. The summed E-state index contributed by atoms with van der Waals surface area (Å²) in [5, 5.41) is 0. The maximum Gasteiger partial charge on any atom is 0.243 e. The van der Waals surface area contributed by atoms with Gasteiger partial charge in [0.1, 0.15) is 11.6 Å². The van der Waals surface area contributed by atoms with E-state index in [1.54, 1.807) is 41.3 Å². The predicted molar refractivity (Wildman–Crippen MR) is 128 cm³/mol. The number of sulfonamides is 1. The first kappa shape index (κ1) is 25.1. The van der Waals surface area contributed by atoms with Crippen molar-refractivity contribution in [3.8, 4) is 5.75 Å². The summed E-state index contributed by atoms with van der Waals surface area (Å²) >= 11 is 3.33. The van der Waals surface area contributed by atoms with Gasteiger partial charge in [0.15, 0.2) is 0 Å². The molecule has 1 amide bonds. The van der Waals surface area contributed by atoms with Gasteiger partial charge in [-0.15, -0.1) is 0 Å². The van der Waals surface area contributed by atoms with Gasteiger partial charge in [0.2, 0.25) is 15.9 Å². The zero-order valence-electron chi connectivity index (χ0n) is 18.8. The number of hydrogen-bond acceptors (Lipinski definition) is 5. The highest BCUT2D eigenvalue weighted by Gasteiger charge is 2.41. The molecule has 2 aromatic carbocycles. The fraction of sp³-hybridized carbons (Fsp3) is 0.458. The van der Waals surface area contributed by atoms with Gasteiger partial charge in [-0.25, -0.2) is 12.8 Å². The Morgan fingerprint density at radius 2 is 1.62 bits per heavy atom. The van der Waals surface area contributed by atoms with E-state index >= 15 is 0 Å². The maximum absolute atomic E-state index is 13.3. The largest absolute Gasteiger partial charge is 0.493 e. The Labute approximate surface area is 208 Å². The van der Waals surface area contributed by atoms with Gasteiger partial charge in [-0.05, 0) is 61.4 Å². The van der Waals surface area contributed by atoms with Gasteiger partial charge in [-0.3, -0.25) is 4.79 Å². The SMILES string of the molecule is O=C(CC1(COc2ccc(F)cc2)CCN(S(=O)(=O)c2ccc(Br)cc2)CC1)N1CCOCC1. The molecular weight excluding hydrogens is 527 g/mol. The van der Waals surface area contributed by atoms with Crippen molar-refractivity contribution in [1.29, 1.82) is 0 Å². The molecule has 10 heteroatoms. The van der Waals surface area contributed by atoms with Crippen LogP contribution in [-0.2, 0) is 19.6 Å². The molecule has 0 saturated carbocycles. The number of hydrogen-bond donors (Lipinski definition) is 0. The molecule has 0 bridgehead atoms. The number of carbonyl (C=O) groups is 1. The van der Waals surface area contributed by atoms with Crippen LogP contribution in [0.3, 0.4) is 0 Å². The van der Waals surface area contributed by atoms with Crippen LogP contribution in [0.5, 0.6) is 5.75 Å². The molecule has 0 atom stereocenters. The topological polar surface area (TPSA) is 76.2 Å². The van der Waals surface area contributed by atoms with Gasteiger partial charge in [-0.2, -0.15) is 4.31 Å². The second kappa shape index (κ2) is 10.7. The van der Waals surface area contributed by atoms with Gasteiger partial charge in [0.05, 0.1) is 24.7 Å². The zero-order valence-corrected chi connectivity index (χ0v) is 21.2. The lowest BCUT2D eigenvalue weighted by atomic mass is 9.76. The lowest BCUT2D eigenvalue weighted by Crippen LogP contribution is -2.49. The molecule has 2 aromatic rings. The maximum atomic E-state index is 13.3. The summed E-state index contributed by atoms with van der Waals surface area (Å²) in [4.78, 5) is 15.1. The quantitative estimate of drug-likeness (QED) is 0.521. The smallest absolute Gasteiger partial charge is 0.243 e. The van der Waals surface area contributed by atoms with E-state index in [1.165, 1.54) is 16.4 Å². The minimum atomic E-state index is -3.63. The van der Waals surface area contributed by atoms with Crippen LogP contribution in [0.2, 0.25) is 0 Å². The average Bonchev–Trinajstić information content (AvgIpc) is 2.85. The number of carbonyl (C=O) groups excluding carboxylic acids is 1. The standard InChI is InChI=1S/C24H28BrFN2O5S/c25-19-1-7-22(8-2-19)34(30,31)28-11-9-24(10-12-28,17-23(29)27-13-15-32-16-14-27)18-33-21-5-3-20(26)4-6-21/h1-8H,9-18H2. The summed E-state index contributed by atoms with van der Waals surface area (Å²) < 4.78 is 53.2. The molecule has 0 N–H and O–H groups in total. The van der Waals surface area contributed by atoms with Crippen molar-refractivity contribution in [2.45, 2.75) is 24.2 Å². The highest BCUT2D eigenvalue weighted by Crippen LogP contribution is 2.38. The minimum Gasteiger partial charge on any atom is -0.493 e. The monoisotopic (exact) mass is 554 g/mol. The predicted octanol–water partition coefficient (Wildman–Crippen LogP) is 3.69. The molecule has 2 aliphatic heterocycles. The van der Waals surface area contributed by atoms with Gasteiger partial charge >= 0.3 is 0 Å². The normalized spacial score (nSPS) is 19.1. The lowest BCUT2D eigenvalue weighted by molar-refractivity contribution is -0.139. The second-order valence-corrected chi connectivity index (χ2v) is 11.6. The number of nitrogens with zero attached hydrogens (tertiary/aromatic N) is 2. The zero-order chi connectivity index (χ0) is 24.2. The van der Waals surface area contributed by atoms with Crippen LogP contribution < -0.4 is 4.74 Å². The van der Waals surface area contributed by atoms with Crippen molar-refractivity contribution < 1.29 is 27.1 Å². The number of benzene rings is 2. The summed E-state index contributed by atoms with van der Waals surface area (Å²) in [5.41, 5.74) is -0.518. The first-order valence-corrected chi connectivity index (χ1v) is 13.5. The summed E-state index contributed by atoms with van der Waals surface area (Å²) in [7, 11) is -3.63. The van der Waals surface area contributed by atoms with Crippen LogP contribution in [0, 0.1) is 11.2 Å². The van der Waals surface area contributed by atoms with Crippen molar-refractivity contribution in [3.05, 3.63) is 58.8 Å². The molecule has 7 nitrogen and oxygen atoms in total. The Morgan fingerprint density at radius 3 is 2.24 bits per heavy atom. The third kappa shape index (κ3) is 5.97. The molecule has 0 unspecified atom stereocenters. The molecule has 184 valence electrons. The van der Waals surface area contributed by atoms with Crippen LogP contribution in [0.4, 0.5) is 4.39 Å². The van der Waals surface area contributed by atoms with Gasteiger partial charge < -0.3 is 14.4 Å². The molecule has 4 rings (SSSR count). The van der Waals surface area contributed by atoms with Crippen molar-refractivity contribution >= 4 is 31.9 Å². The highest BCUT2D eigenvalue weighted by molar-refractivity contribution is 9.10. The van der Waals surface area contributed by atoms with Crippen molar-refractivity contribution in [1.82, 2.24) is 9.21 Å². The van der Waals surface area contributed by atoms with Gasteiger partial charge in [0, 0.05) is 42.5 Å². The van der Waals surface area contributed by atoms with E-state index in [2.05, 4.69) is 15.9 Å². The Kier molecular flexibility index (Phi) is 7.91. The van der Waals surface area contributed by atoms with Crippen LogP contribution in [0.25, 0.3) is 0 Å². The Balaban J connectivity index is 1.48. The Hall–Kier alpha value is -2.01. The molecule has 2 heterocycles. The van der Waals surface area contributed by atoms with Crippen molar-refractivity contribution in [3.63, 3.8) is 0 Å². The number of ether oxygens (including phenoxy) is 2. The summed E-state index contributed by atoms with van der Waals surface area (Å²) in [6, 6.07) is 12.3. The fourth-order valence-electron chi connectivity index (χ4n) is 4.34. The van der Waals surface area contributed by atoms with Crippen molar-refractivity contribution in [2.24, 2.45) is 5.41 Å². The molecule has 0 aromatic heterocycles. The number of halogens is 2. The molecule has 2 aliphatic rings. The van der Waals surface area contributed by atoms with Gasteiger partial charge in [-0.1, -0.05) is 15.9 Å². The average molecular weight is 555 g/mol. The Morgan fingerprint density at radius 1 is 1.00 bits per heavy atom. The number of amides is 1. The molecule has 0 aliphatic carbocycles. The first-order valence-electron chi connectivity index (χ1n) is 11.3. The van der Waals surface area contributed by atoms with Gasteiger partial charge in [0.25, 0.3) is 0 Å². The van der Waals surface area contributed by atoms with E-state index in [4.69, 9.17) is 9.47 Å². The number of piperidine rings is 1. The lowest BCUT2D eigenvalue weighted by Gasteiger charge is -2.41. The van der Waals surface area contributed by atoms with Crippen LogP contribution in [0.15, 0.2) is 57.9 Å². The van der Waals surface area contributed by atoms with E-state index < -0.39 is 15.4 Å². The van der Waals surface area contributed by atoms with Crippen LogP contribution >= 0.6 is 15.9 Å². The van der Waals surface area contributed by atoms with E-state index in [-0.39, 0.29) is 29.6 Å².